The Hall–Kier alpha value is -3.22. The second-order valence-corrected chi connectivity index (χ2v) is 6.26. The topological polar surface area (TPSA) is 79.9 Å². The average molecular weight is 369 g/mol. The fraction of sp³-hybridized carbons (Fsp3) is 0.300. The maximum Gasteiger partial charge on any atom is 0.321 e. The lowest BCUT2D eigenvalue weighted by atomic mass is 10.1. The quantitative estimate of drug-likeness (QED) is 0.844. The molecule has 0 saturated carbocycles. The summed E-state index contributed by atoms with van der Waals surface area (Å²) in [5.41, 5.74) is 1.63. The molecule has 27 heavy (non-hydrogen) atoms. The van der Waals surface area contributed by atoms with Gasteiger partial charge < -0.3 is 25.0 Å². The molecule has 2 aromatic carbocycles. The highest BCUT2D eigenvalue weighted by molar-refractivity contribution is 6.05. The number of amides is 3. The lowest BCUT2D eigenvalue weighted by molar-refractivity contribution is 0.102. The SMILES string of the molecule is COc1cc(OC)cc(C(=O)Nc2cccc(NC(=O)N3CCCC3)c2)c1. The van der Waals surface area contributed by atoms with E-state index in [1.165, 1.54) is 14.2 Å². The summed E-state index contributed by atoms with van der Waals surface area (Å²) < 4.78 is 10.4. The molecule has 1 aliphatic rings. The van der Waals surface area contributed by atoms with E-state index in [1.54, 1.807) is 47.4 Å². The molecule has 2 N–H and O–H groups in total. The summed E-state index contributed by atoms with van der Waals surface area (Å²) in [6, 6.07) is 11.9. The minimum absolute atomic E-state index is 0.117. The number of hydrogen-bond donors (Lipinski definition) is 2. The smallest absolute Gasteiger partial charge is 0.321 e. The summed E-state index contributed by atoms with van der Waals surface area (Å²) in [7, 11) is 3.06. The highest BCUT2D eigenvalue weighted by Crippen LogP contribution is 2.24. The van der Waals surface area contributed by atoms with Crippen molar-refractivity contribution >= 4 is 23.3 Å². The molecule has 0 atom stereocenters. The average Bonchev–Trinajstić information content (AvgIpc) is 3.22. The number of carbonyl (C=O) groups is 2. The standard InChI is InChI=1S/C20H23N3O4/c1-26-17-10-14(11-18(13-17)27-2)19(24)21-15-6-5-7-16(12-15)22-20(25)23-8-3-4-9-23/h5-7,10-13H,3-4,8-9H2,1-2H3,(H,21,24)(H,22,25). The Morgan fingerprint density at radius 1 is 0.889 bits per heavy atom. The number of hydrogen-bond acceptors (Lipinski definition) is 4. The predicted molar refractivity (Wildman–Crippen MR) is 104 cm³/mol. The zero-order valence-electron chi connectivity index (χ0n) is 15.5. The molecule has 0 radical (unpaired) electrons. The van der Waals surface area contributed by atoms with Gasteiger partial charge in [0.15, 0.2) is 0 Å². The van der Waals surface area contributed by atoms with Crippen LogP contribution >= 0.6 is 0 Å². The van der Waals surface area contributed by atoms with E-state index in [0.717, 1.165) is 25.9 Å². The van der Waals surface area contributed by atoms with Crippen LogP contribution in [0, 0.1) is 0 Å². The number of nitrogens with one attached hydrogen (secondary N) is 2. The Kier molecular flexibility index (Phi) is 5.80. The van der Waals surface area contributed by atoms with Gasteiger partial charge in [0.25, 0.3) is 5.91 Å². The van der Waals surface area contributed by atoms with E-state index in [0.29, 0.717) is 28.4 Å². The highest BCUT2D eigenvalue weighted by Gasteiger charge is 2.18. The first-order chi connectivity index (χ1) is 13.1. The number of methoxy groups -OCH3 is 2. The van der Waals surface area contributed by atoms with Gasteiger partial charge in [0.1, 0.15) is 11.5 Å². The second-order valence-electron chi connectivity index (χ2n) is 6.26. The van der Waals surface area contributed by atoms with Crippen LogP contribution in [0.4, 0.5) is 16.2 Å². The summed E-state index contributed by atoms with van der Waals surface area (Å²) >= 11 is 0. The maximum absolute atomic E-state index is 12.6. The zero-order chi connectivity index (χ0) is 19.2. The summed E-state index contributed by atoms with van der Waals surface area (Å²) in [4.78, 5) is 26.6. The van der Waals surface area contributed by atoms with Gasteiger partial charge in [-0.15, -0.1) is 0 Å². The van der Waals surface area contributed by atoms with Crippen LogP contribution in [0.1, 0.15) is 23.2 Å². The van der Waals surface area contributed by atoms with Crippen LogP contribution < -0.4 is 20.1 Å². The molecule has 3 amide bonds. The third kappa shape index (κ3) is 4.69. The summed E-state index contributed by atoms with van der Waals surface area (Å²) in [6.45, 7) is 1.56. The van der Waals surface area contributed by atoms with Gasteiger partial charge in [0.2, 0.25) is 0 Å². The van der Waals surface area contributed by atoms with Crippen molar-refractivity contribution in [3.8, 4) is 11.5 Å². The first-order valence-electron chi connectivity index (χ1n) is 8.79. The number of benzene rings is 2. The molecule has 7 nitrogen and oxygen atoms in total. The molecule has 0 unspecified atom stereocenters. The van der Waals surface area contributed by atoms with Gasteiger partial charge in [-0.3, -0.25) is 4.79 Å². The van der Waals surface area contributed by atoms with E-state index in [1.807, 2.05) is 0 Å². The van der Waals surface area contributed by atoms with Crippen molar-refractivity contribution in [2.75, 3.05) is 37.9 Å². The third-order valence-corrected chi connectivity index (χ3v) is 4.38. The fourth-order valence-corrected chi connectivity index (χ4v) is 2.94. The summed E-state index contributed by atoms with van der Waals surface area (Å²) in [5.74, 6) is 0.771. The fourth-order valence-electron chi connectivity index (χ4n) is 2.94. The lowest BCUT2D eigenvalue weighted by Gasteiger charge is -2.16. The van der Waals surface area contributed by atoms with Crippen LogP contribution in [0.15, 0.2) is 42.5 Å². The van der Waals surface area contributed by atoms with E-state index < -0.39 is 0 Å². The first-order valence-corrected chi connectivity index (χ1v) is 8.79. The molecular weight excluding hydrogens is 346 g/mol. The second kappa shape index (κ2) is 8.44. The molecule has 0 bridgehead atoms. The molecule has 1 aliphatic heterocycles. The number of carbonyl (C=O) groups excluding carboxylic acids is 2. The lowest BCUT2D eigenvalue weighted by Crippen LogP contribution is -2.32. The summed E-state index contributed by atoms with van der Waals surface area (Å²) in [6.07, 6.45) is 2.07. The maximum atomic E-state index is 12.6. The molecule has 0 aliphatic carbocycles. The first kappa shape index (κ1) is 18.6. The molecule has 2 aromatic rings. The van der Waals surface area contributed by atoms with Crippen molar-refractivity contribution in [3.05, 3.63) is 48.0 Å². The van der Waals surface area contributed by atoms with Crippen molar-refractivity contribution < 1.29 is 19.1 Å². The Morgan fingerprint density at radius 2 is 1.48 bits per heavy atom. The Bertz CT molecular complexity index is 809. The van der Waals surface area contributed by atoms with Crippen molar-refractivity contribution in [1.82, 2.24) is 4.90 Å². The van der Waals surface area contributed by atoms with Crippen LogP contribution in [0.25, 0.3) is 0 Å². The minimum Gasteiger partial charge on any atom is -0.497 e. The number of ether oxygens (including phenoxy) is 2. The Balaban J connectivity index is 1.70. The molecule has 7 heteroatoms. The van der Waals surface area contributed by atoms with Crippen LogP contribution in [0.5, 0.6) is 11.5 Å². The van der Waals surface area contributed by atoms with E-state index in [-0.39, 0.29) is 11.9 Å². The molecule has 1 saturated heterocycles. The Labute approximate surface area is 158 Å². The van der Waals surface area contributed by atoms with E-state index in [9.17, 15) is 9.59 Å². The number of rotatable bonds is 5. The molecular formula is C20H23N3O4. The minimum atomic E-state index is -0.296. The van der Waals surface area contributed by atoms with Gasteiger partial charge in [0.05, 0.1) is 14.2 Å². The normalized spacial score (nSPS) is 13.2. The van der Waals surface area contributed by atoms with E-state index >= 15 is 0 Å². The third-order valence-electron chi connectivity index (χ3n) is 4.38. The molecule has 1 heterocycles. The van der Waals surface area contributed by atoms with Crippen LogP contribution in [-0.2, 0) is 0 Å². The number of likely N-dealkylation sites (tertiary alicyclic amines) is 1. The summed E-state index contributed by atoms with van der Waals surface area (Å²) in [5, 5.41) is 5.70. The molecule has 0 aromatic heterocycles. The molecule has 142 valence electrons. The zero-order valence-corrected chi connectivity index (χ0v) is 15.5. The van der Waals surface area contributed by atoms with Gasteiger partial charge in [-0.2, -0.15) is 0 Å². The van der Waals surface area contributed by atoms with Crippen molar-refractivity contribution in [2.45, 2.75) is 12.8 Å². The van der Waals surface area contributed by atoms with Gasteiger partial charge >= 0.3 is 6.03 Å². The highest BCUT2D eigenvalue weighted by atomic mass is 16.5. The van der Waals surface area contributed by atoms with Gasteiger partial charge in [-0.05, 0) is 43.2 Å². The Morgan fingerprint density at radius 3 is 2.07 bits per heavy atom. The monoisotopic (exact) mass is 369 g/mol. The van der Waals surface area contributed by atoms with Gasteiger partial charge in [0, 0.05) is 36.1 Å². The van der Waals surface area contributed by atoms with Crippen LogP contribution in [-0.4, -0.2) is 44.1 Å². The van der Waals surface area contributed by atoms with Crippen molar-refractivity contribution in [3.63, 3.8) is 0 Å². The largest absolute Gasteiger partial charge is 0.497 e. The van der Waals surface area contributed by atoms with Crippen molar-refractivity contribution in [2.24, 2.45) is 0 Å². The van der Waals surface area contributed by atoms with Crippen LogP contribution in [0.3, 0.4) is 0 Å². The number of nitrogens with zero attached hydrogens (tertiary/aromatic N) is 1. The molecule has 0 spiro atoms. The number of urea groups is 1. The predicted octanol–water partition coefficient (Wildman–Crippen LogP) is 3.58. The molecule has 1 fully saturated rings. The van der Waals surface area contributed by atoms with Gasteiger partial charge in [-0.1, -0.05) is 6.07 Å². The van der Waals surface area contributed by atoms with E-state index in [2.05, 4.69) is 10.6 Å². The van der Waals surface area contributed by atoms with Crippen LogP contribution in [0.2, 0.25) is 0 Å². The van der Waals surface area contributed by atoms with Crippen molar-refractivity contribution in [1.29, 1.82) is 0 Å². The van der Waals surface area contributed by atoms with Gasteiger partial charge in [-0.25, -0.2) is 4.79 Å². The number of anilines is 2. The van der Waals surface area contributed by atoms with E-state index in [4.69, 9.17) is 9.47 Å². The molecule has 3 rings (SSSR count).